The van der Waals surface area contributed by atoms with Gasteiger partial charge in [0.2, 0.25) is 0 Å². The first kappa shape index (κ1) is 11.1. The summed E-state index contributed by atoms with van der Waals surface area (Å²) >= 11 is 1.60. The molecular weight excluding hydrogens is 216 g/mol. The first-order chi connectivity index (χ1) is 7.70. The number of nitrogens with one attached hydrogen (secondary N) is 1. The fraction of sp³-hybridized carbons (Fsp3) is 0.308. The number of thiazole rings is 1. The average Bonchev–Trinajstić information content (AvgIpc) is 2.59. The van der Waals surface area contributed by atoms with Crippen LogP contribution in [0.2, 0.25) is 0 Å². The molecule has 0 aliphatic heterocycles. The van der Waals surface area contributed by atoms with Crippen molar-refractivity contribution in [2.24, 2.45) is 0 Å². The van der Waals surface area contributed by atoms with Crippen LogP contribution in [0.4, 0.5) is 5.13 Å². The SMILES string of the molecule is CCCc1ccc(-c2[nH+]c(N)sc2C)cc1. The molecule has 0 fully saturated rings. The van der Waals surface area contributed by atoms with Gasteiger partial charge in [-0.2, -0.15) is 0 Å². The summed E-state index contributed by atoms with van der Waals surface area (Å²) in [5.41, 5.74) is 9.51. The topological polar surface area (TPSA) is 40.2 Å². The maximum Gasteiger partial charge on any atom is 0.330 e. The van der Waals surface area contributed by atoms with Crippen molar-refractivity contribution in [2.45, 2.75) is 26.7 Å². The fourth-order valence-corrected chi connectivity index (χ4v) is 2.61. The van der Waals surface area contributed by atoms with E-state index < -0.39 is 0 Å². The molecule has 0 radical (unpaired) electrons. The standard InChI is InChI=1S/C13H16N2S/c1-3-4-10-5-7-11(8-6-10)12-9(2)16-13(14)15-12/h5-8H,3-4H2,1-2H3,(H2,14,15)/p+1. The molecule has 3 heteroatoms. The number of hydrogen-bond acceptors (Lipinski definition) is 2. The summed E-state index contributed by atoms with van der Waals surface area (Å²) < 4.78 is 0. The third-order valence-corrected chi connectivity index (χ3v) is 3.48. The molecule has 1 aromatic heterocycles. The Morgan fingerprint density at radius 3 is 2.44 bits per heavy atom. The van der Waals surface area contributed by atoms with Gasteiger partial charge in [-0.25, -0.2) is 4.98 Å². The summed E-state index contributed by atoms with van der Waals surface area (Å²) in [5, 5.41) is 0.769. The summed E-state index contributed by atoms with van der Waals surface area (Å²) in [6.07, 6.45) is 2.34. The van der Waals surface area contributed by atoms with Gasteiger partial charge >= 0.3 is 5.13 Å². The molecule has 0 aliphatic carbocycles. The van der Waals surface area contributed by atoms with Gasteiger partial charge in [0.25, 0.3) is 0 Å². The molecule has 1 aromatic carbocycles. The van der Waals surface area contributed by atoms with Crippen molar-refractivity contribution in [3.05, 3.63) is 34.7 Å². The first-order valence-corrected chi connectivity index (χ1v) is 6.40. The number of H-pyrrole nitrogens is 1. The third-order valence-electron chi connectivity index (χ3n) is 2.64. The zero-order chi connectivity index (χ0) is 11.5. The molecule has 2 aromatic rings. The molecule has 0 atom stereocenters. The van der Waals surface area contributed by atoms with Crippen molar-refractivity contribution in [3.63, 3.8) is 0 Å². The van der Waals surface area contributed by atoms with Crippen LogP contribution in [0.1, 0.15) is 23.8 Å². The average molecular weight is 233 g/mol. The second-order valence-corrected chi connectivity index (χ2v) is 5.23. The van der Waals surface area contributed by atoms with Crippen LogP contribution in [0, 0.1) is 6.92 Å². The van der Waals surface area contributed by atoms with E-state index in [2.05, 4.69) is 43.1 Å². The highest BCUT2D eigenvalue weighted by Gasteiger charge is 2.11. The molecule has 0 amide bonds. The van der Waals surface area contributed by atoms with Crippen molar-refractivity contribution >= 4 is 16.5 Å². The number of aromatic amines is 1. The van der Waals surface area contributed by atoms with Gasteiger partial charge in [-0.05, 0) is 18.9 Å². The van der Waals surface area contributed by atoms with E-state index in [4.69, 9.17) is 5.73 Å². The second kappa shape index (κ2) is 4.66. The Balaban J connectivity index is 2.31. The fourth-order valence-electron chi connectivity index (χ4n) is 1.85. The monoisotopic (exact) mass is 233 g/mol. The third kappa shape index (κ3) is 2.25. The second-order valence-electron chi connectivity index (χ2n) is 3.97. The molecule has 0 bridgehead atoms. The molecule has 3 N–H and O–H groups in total. The molecule has 0 spiro atoms. The predicted molar refractivity (Wildman–Crippen MR) is 69.5 cm³/mol. The molecule has 0 unspecified atom stereocenters. The Kier molecular flexibility index (Phi) is 3.25. The molecular formula is C13H17N2S+. The molecule has 0 saturated carbocycles. The highest BCUT2D eigenvalue weighted by atomic mass is 32.1. The van der Waals surface area contributed by atoms with Crippen LogP contribution in [0.3, 0.4) is 0 Å². The van der Waals surface area contributed by atoms with Crippen LogP contribution in [0.5, 0.6) is 0 Å². The lowest BCUT2D eigenvalue weighted by Gasteiger charge is -2.00. The molecule has 2 rings (SSSR count). The quantitative estimate of drug-likeness (QED) is 0.869. The van der Waals surface area contributed by atoms with Gasteiger partial charge < -0.3 is 0 Å². The first-order valence-electron chi connectivity index (χ1n) is 5.58. The van der Waals surface area contributed by atoms with E-state index >= 15 is 0 Å². The van der Waals surface area contributed by atoms with Gasteiger partial charge in [-0.1, -0.05) is 48.9 Å². The summed E-state index contributed by atoms with van der Waals surface area (Å²) in [4.78, 5) is 4.45. The minimum absolute atomic E-state index is 0.769. The Bertz CT molecular complexity index is 471. The Labute approximate surface area is 100 Å². The minimum Gasteiger partial charge on any atom is -0.278 e. The lowest BCUT2D eigenvalue weighted by atomic mass is 10.1. The molecule has 0 saturated heterocycles. The van der Waals surface area contributed by atoms with Crippen molar-refractivity contribution in [3.8, 4) is 11.3 Å². The van der Waals surface area contributed by atoms with E-state index in [-0.39, 0.29) is 0 Å². The number of nitrogen functional groups attached to an aromatic ring is 1. The van der Waals surface area contributed by atoms with E-state index in [1.807, 2.05) is 0 Å². The van der Waals surface area contributed by atoms with Crippen LogP contribution >= 0.6 is 11.3 Å². The van der Waals surface area contributed by atoms with Gasteiger partial charge in [-0.3, -0.25) is 5.73 Å². The lowest BCUT2D eigenvalue weighted by molar-refractivity contribution is -0.340. The van der Waals surface area contributed by atoms with E-state index in [9.17, 15) is 0 Å². The van der Waals surface area contributed by atoms with E-state index in [1.54, 1.807) is 11.3 Å². The van der Waals surface area contributed by atoms with E-state index in [0.717, 1.165) is 17.2 Å². The highest BCUT2D eigenvalue weighted by molar-refractivity contribution is 7.15. The van der Waals surface area contributed by atoms with Crippen molar-refractivity contribution in [1.29, 1.82) is 0 Å². The maximum atomic E-state index is 5.76. The van der Waals surface area contributed by atoms with Gasteiger partial charge in [-0.15, -0.1) is 0 Å². The van der Waals surface area contributed by atoms with E-state index in [0.29, 0.717) is 0 Å². The number of aromatic nitrogens is 1. The summed E-state index contributed by atoms with van der Waals surface area (Å²) in [5.74, 6) is 0. The zero-order valence-corrected chi connectivity index (χ0v) is 10.5. The summed E-state index contributed by atoms with van der Waals surface area (Å²) in [7, 11) is 0. The van der Waals surface area contributed by atoms with Crippen LogP contribution < -0.4 is 10.7 Å². The summed E-state index contributed by atoms with van der Waals surface area (Å²) in [6.45, 7) is 4.29. The lowest BCUT2D eigenvalue weighted by Crippen LogP contribution is -2.07. The summed E-state index contributed by atoms with van der Waals surface area (Å²) in [6, 6.07) is 8.71. The normalized spacial score (nSPS) is 10.6. The van der Waals surface area contributed by atoms with Gasteiger partial charge in [0.1, 0.15) is 5.69 Å². The molecule has 2 nitrogen and oxygen atoms in total. The molecule has 16 heavy (non-hydrogen) atoms. The van der Waals surface area contributed by atoms with Gasteiger partial charge in [0.05, 0.1) is 4.88 Å². The number of hydrogen-bond donors (Lipinski definition) is 1. The van der Waals surface area contributed by atoms with Crippen LogP contribution in [-0.2, 0) is 6.42 Å². The predicted octanol–water partition coefficient (Wildman–Crippen LogP) is 3.07. The van der Waals surface area contributed by atoms with Crippen molar-refractivity contribution < 1.29 is 4.98 Å². The van der Waals surface area contributed by atoms with Crippen molar-refractivity contribution in [2.75, 3.05) is 5.73 Å². The van der Waals surface area contributed by atoms with Crippen LogP contribution in [-0.4, -0.2) is 0 Å². The molecule has 84 valence electrons. The zero-order valence-electron chi connectivity index (χ0n) is 9.71. The molecule has 1 heterocycles. The highest BCUT2D eigenvalue weighted by Crippen LogP contribution is 2.25. The van der Waals surface area contributed by atoms with E-state index in [1.165, 1.54) is 22.4 Å². The van der Waals surface area contributed by atoms with Gasteiger partial charge in [0, 0.05) is 5.56 Å². The van der Waals surface area contributed by atoms with Crippen LogP contribution in [0.25, 0.3) is 11.3 Å². The number of aryl methyl sites for hydroxylation is 2. The number of benzene rings is 1. The minimum atomic E-state index is 0.769. The number of rotatable bonds is 3. The smallest absolute Gasteiger partial charge is 0.278 e. The van der Waals surface area contributed by atoms with Crippen molar-refractivity contribution in [1.82, 2.24) is 0 Å². The van der Waals surface area contributed by atoms with Gasteiger partial charge in [0.15, 0.2) is 0 Å². The van der Waals surface area contributed by atoms with Crippen LogP contribution in [0.15, 0.2) is 24.3 Å². The maximum absolute atomic E-state index is 5.76. The Morgan fingerprint density at radius 1 is 1.25 bits per heavy atom. The Morgan fingerprint density at radius 2 is 1.94 bits per heavy atom. The molecule has 0 aliphatic rings. The number of anilines is 1. The number of nitrogens with two attached hydrogens (primary N) is 1. The largest absolute Gasteiger partial charge is 0.330 e. The Hall–Kier alpha value is -1.35.